The highest BCUT2D eigenvalue weighted by molar-refractivity contribution is 5.77. The van der Waals surface area contributed by atoms with Crippen LogP contribution >= 0.6 is 0 Å². The van der Waals surface area contributed by atoms with Gasteiger partial charge in [0.25, 0.3) is 0 Å². The molecule has 0 bridgehead atoms. The summed E-state index contributed by atoms with van der Waals surface area (Å²) < 4.78 is 4.76. The molecule has 1 atom stereocenters. The van der Waals surface area contributed by atoms with Crippen LogP contribution in [0.1, 0.15) is 20.3 Å². The zero-order chi connectivity index (χ0) is 12.4. The minimum Gasteiger partial charge on any atom is -0.480 e. The molecule has 0 aromatic heterocycles. The molecule has 1 unspecified atom stereocenters. The van der Waals surface area contributed by atoms with Crippen molar-refractivity contribution >= 4 is 11.9 Å². The number of ether oxygens (including phenoxy) is 1. The zero-order valence-corrected chi connectivity index (χ0v) is 9.78. The van der Waals surface area contributed by atoms with Crippen molar-refractivity contribution in [2.45, 2.75) is 26.3 Å². The van der Waals surface area contributed by atoms with E-state index in [0.29, 0.717) is 12.6 Å². The third-order valence-electron chi connectivity index (χ3n) is 2.02. The van der Waals surface area contributed by atoms with E-state index < -0.39 is 5.97 Å². The van der Waals surface area contributed by atoms with Crippen LogP contribution in [0, 0.1) is 0 Å². The second-order valence-corrected chi connectivity index (χ2v) is 3.49. The van der Waals surface area contributed by atoms with Crippen molar-refractivity contribution in [3.8, 4) is 0 Å². The van der Waals surface area contributed by atoms with Crippen molar-refractivity contribution in [1.29, 1.82) is 0 Å². The molecule has 0 saturated carbocycles. The van der Waals surface area contributed by atoms with Crippen LogP contribution in [0.4, 0.5) is 0 Å². The fourth-order valence-corrected chi connectivity index (χ4v) is 0.896. The van der Waals surface area contributed by atoms with Gasteiger partial charge in [0.15, 0.2) is 0 Å². The van der Waals surface area contributed by atoms with Gasteiger partial charge in [0.1, 0.15) is 6.61 Å². The first-order chi connectivity index (χ1) is 7.56. The highest BCUT2D eigenvalue weighted by atomic mass is 16.5. The Kier molecular flexibility index (Phi) is 8.46. The Morgan fingerprint density at radius 1 is 1.44 bits per heavy atom. The fourth-order valence-electron chi connectivity index (χ4n) is 0.896. The second-order valence-electron chi connectivity index (χ2n) is 3.49. The van der Waals surface area contributed by atoms with Crippen LogP contribution in [0.2, 0.25) is 0 Å². The van der Waals surface area contributed by atoms with Gasteiger partial charge in [-0.2, -0.15) is 0 Å². The molecule has 0 aliphatic rings. The van der Waals surface area contributed by atoms with E-state index in [1.54, 1.807) is 0 Å². The molecule has 0 aromatic carbocycles. The van der Waals surface area contributed by atoms with Crippen molar-refractivity contribution < 1.29 is 19.4 Å². The Morgan fingerprint density at radius 2 is 2.12 bits per heavy atom. The predicted molar refractivity (Wildman–Crippen MR) is 59.2 cm³/mol. The highest BCUT2D eigenvalue weighted by Crippen LogP contribution is 1.85. The Morgan fingerprint density at radius 3 is 2.69 bits per heavy atom. The van der Waals surface area contributed by atoms with Crippen LogP contribution in [0.15, 0.2) is 0 Å². The van der Waals surface area contributed by atoms with E-state index in [4.69, 9.17) is 9.84 Å². The third-order valence-corrected chi connectivity index (χ3v) is 2.02. The summed E-state index contributed by atoms with van der Waals surface area (Å²) in [5, 5.41) is 13.9. The van der Waals surface area contributed by atoms with Crippen LogP contribution in [0.5, 0.6) is 0 Å². The Hall–Kier alpha value is -1.14. The average molecular weight is 232 g/mol. The monoisotopic (exact) mass is 232 g/mol. The van der Waals surface area contributed by atoms with Gasteiger partial charge in [-0.1, -0.05) is 6.92 Å². The zero-order valence-electron chi connectivity index (χ0n) is 9.78. The van der Waals surface area contributed by atoms with E-state index >= 15 is 0 Å². The standard InChI is InChI=1S/C10H20N2O4/c1-3-8(2)12-6-9(13)11-4-5-16-7-10(14)15/h8,12H,3-7H2,1-2H3,(H,11,13)(H,14,15). The Labute approximate surface area is 95.4 Å². The summed E-state index contributed by atoms with van der Waals surface area (Å²) in [5.41, 5.74) is 0. The van der Waals surface area contributed by atoms with E-state index in [2.05, 4.69) is 10.6 Å². The molecule has 16 heavy (non-hydrogen) atoms. The molecule has 0 fully saturated rings. The van der Waals surface area contributed by atoms with Crippen LogP contribution in [0.25, 0.3) is 0 Å². The maximum atomic E-state index is 11.2. The largest absolute Gasteiger partial charge is 0.480 e. The number of aliphatic carboxylic acids is 1. The van der Waals surface area contributed by atoms with Crippen molar-refractivity contribution in [3.05, 3.63) is 0 Å². The number of rotatable bonds is 9. The molecule has 0 saturated heterocycles. The number of hydrogen-bond donors (Lipinski definition) is 3. The highest BCUT2D eigenvalue weighted by Gasteiger charge is 2.03. The van der Waals surface area contributed by atoms with Crippen LogP contribution in [-0.2, 0) is 14.3 Å². The summed E-state index contributed by atoms with van der Waals surface area (Å²) >= 11 is 0. The quantitative estimate of drug-likeness (QED) is 0.470. The molecular weight excluding hydrogens is 212 g/mol. The molecule has 0 aliphatic heterocycles. The van der Waals surface area contributed by atoms with Gasteiger partial charge in [-0.05, 0) is 13.3 Å². The molecule has 6 nitrogen and oxygen atoms in total. The lowest BCUT2D eigenvalue weighted by Crippen LogP contribution is -2.39. The molecule has 0 radical (unpaired) electrons. The van der Waals surface area contributed by atoms with Gasteiger partial charge in [0, 0.05) is 12.6 Å². The van der Waals surface area contributed by atoms with Crippen LogP contribution in [-0.4, -0.2) is 49.3 Å². The van der Waals surface area contributed by atoms with Gasteiger partial charge in [-0.3, -0.25) is 4.79 Å². The number of hydrogen-bond acceptors (Lipinski definition) is 4. The van der Waals surface area contributed by atoms with Crippen LogP contribution in [0.3, 0.4) is 0 Å². The van der Waals surface area contributed by atoms with E-state index in [9.17, 15) is 9.59 Å². The predicted octanol–water partition coefficient (Wildman–Crippen LogP) is -0.408. The van der Waals surface area contributed by atoms with Gasteiger partial charge in [-0.25, -0.2) is 4.79 Å². The first kappa shape index (κ1) is 14.9. The number of carboxylic acids is 1. The summed E-state index contributed by atoms with van der Waals surface area (Å²) in [4.78, 5) is 21.3. The molecule has 0 rings (SSSR count). The molecule has 0 heterocycles. The number of amides is 1. The summed E-state index contributed by atoms with van der Waals surface area (Å²) in [7, 11) is 0. The lowest BCUT2D eigenvalue weighted by atomic mass is 10.2. The first-order valence-electron chi connectivity index (χ1n) is 5.35. The van der Waals surface area contributed by atoms with Crippen molar-refractivity contribution in [1.82, 2.24) is 10.6 Å². The maximum absolute atomic E-state index is 11.2. The third kappa shape index (κ3) is 9.42. The topological polar surface area (TPSA) is 87.7 Å². The molecule has 3 N–H and O–H groups in total. The minimum absolute atomic E-state index is 0.112. The lowest BCUT2D eigenvalue weighted by molar-refractivity contribution is -0.142. The Balaban J connectivity index is 3.33. The van der Waals surface area contributed by atoms with Crippen LogP contribution < -0.4 is 10.6 Å². The van der Waals surface area contributed by atoms with E-state index in [1.807, 2.05) is 13.8 Å². The fraction of sp³-hybridized carbons (Fsp3) is 0.800. The molecule has 1 amide bonds. The molecule has 0 aromatic rings. The number of nitrogens with one attached hydrogen (secondary N) is 2. The van der Waals surface area contributed by atoms with Gasteiger partial charge in [0.05, 0.1) is 13.2 Å². The number of carbonyl (C=O) groups excluding carboxylic acids is 1. The van der Waals surface area contributed by atoms with Gasteiger partial charge in [0.2, 0.25) is 5.91 Å². The number of carbonyl (C=O) groups is 2. The second kappa shape index (κ2) is 9.11. The maximum Gasteiger partial charge on any atom is 0.329 e. The van der Waals surface area contributed by atoms with Crippen molar-refractivity contribution in [2.24, 2.45) is 0 Å². The smallest absolute Gasteiger partial charge is 0.329 e. The summed E-state index contributed by atoms with van der Waals surface area (Å²) in [5.74, 6) is -1.12. The molecule has 0 spiro atoms. The minimum atomic E-state index is -1.01. The van der Waals surface area contributed by atoms with E-state index in [0.717, 1.165) is 6.42 Å². The first-order valence-corrected chi connectivity index (χ1v) is 5.35. The summed E-state index contributed by atoms with van der Waals surface area (Å²) in [6, 6.07) is 0.314. The van der Waals surface area contributed by atoms with Gasteiger partial charge < -0.3 is 20.5 Å². The normalized spacial score (nSPS) is 12.1. The van der Waals surface area contributed by atoms with E-state index in [-0.39, 0.29) is 25.7 Å². The van der Waals surface area contributed by atoms with E-state index in [1.165, 1.54) is 0 Å². The van der Waals surface area contributed by atoms with Crippen molar-refractivity contribution in [2.75, 3.05) is 26.3 Å². The number of carboxylic acid groups (broad SMARTS) is 1. The molecule has 6 heteroatoms. The SMILES string of the molecule is CCC(C)NCC(=O)NCCOCC(=O)O. The molecular formula is C10H20N2O4. The van der Waals surface area contributed by atoms with Crippen molar-refractivity contribution in [3.63, 3.8) is 0 Å². The summed E-state index contributed by atoms with van der Waals surface area (Å²) in [6.45, 7) is 4.52. The average Bonchev–Trinajstić information content (AvgIpc) is 2.24. The van der Waals surface area contributed by atoms with Gasteiger partial charge in [-0.15, -0.1) is 0 Å². The molecule has 0 aliphatic carbocycles. The molecule has 94 valence electrons. The lowest BCUT2D eigenvalue weighted by Gasteiger charge is -2.11. The summed E-state index contributed by atoms with van der Waals surface area (Å²) in [6.07, 6.45) is 0.967. The van der Waals surface area contributed by atoms with Gasteiger partial charge >= 0.3 is 5.97 Å². The Bertz CT molecular complexity index is 221.